The SMILES string of the molecule is CCCC[C](C)c1ccc(C)c(C)c1. The Hall–Kier alpha value is -0.780. The molecule has 0 bridgehead atoms. The summed E-state index contributed by atoms with van der Waals surface area (Å²) in [5.74, 6) is 1.52. The van der Waals surface area contributed by atoms with Crippen LogP contribution in [0.5, 0.6) is 0 Å². The lowest BCUT2D eigenvalue weighted by atomic mass is 9.93. The molecule has 0 nitrogen and oxygen atoms in total. The standard InChI is InChI=1S/C14H21/c1-5-6-7-12(3)14-9-8-11(2)13(4)10-14/h8-10H,5-7H2,1-4H3. The first-order chi connectivity index (χ1) is 6.65. The highest BCUT2D eigenvalue weighted by Crippen LogP contribution is 2.22. The van der Waals surface area contributed by atoms with Crippen LogP contribution in [0.15, 0.2) is 18.2 Å². The van der Waals surface area contributed by atoms with Gasteiger partial charge in [-0.25, -0.2) is 0 Å². The van der Waals surface area contributed by atoms with Crippen LogP contribution in [0.2, 0.25) is 0 Å². The number of hydrogen-bond donors (Lipinski definition) is 0. The van der Waals surface area contributed by atoms with Gasteiger partial charge in [-0.1, -0.05) is 44.9 Å². The Morgan fingerprint density at radius 1 is 1.14 bits per heavy atom. The molecule has 0 unspecified atom stereocenters. The fourth-order valence-corrected chi connectivity index (χ4v) is 1.59. The maximum Gasteiger partial charge on any atom is 0.00190 e. The summed E-state index contributed by atoms with van der Waals surface area (Å²) < 4.78 is 0. The van der Waals surface area contributed by atoms with Gasteiger partial charge in [-0.15, -0.1) is 0 Å². The van der Waals surface area contributed by atoms with Crippen LogP contribution in [-0.2, 0) is 0 Å². The summed E-state index contributed by atoms with van der Waals surface area (Å²) in [5, 5.41) is 0. The van der Waals surface area contributed by atoms with E-state index in [0.717, 1.165) is 0 Å². The van der Waals surface area contributed by atoms with E-state index in [1.54, 1.807) is 0 Å². The zero-order valence-electron chi connectivity index (χ0n) is 9.85. The lowest BCUT2D eigenvalue weighted by Gasteiger charge is -2.12. The molecule has 1 aromatic rings. The molecule has 0 aliphatic carbocycles. The summed E-state index contributed by atoms with van der Waals surface area (Å²) >= 11 is 0. The monoisotopic (exact) mass is 189 g/mol. The maximum atomic E-state index is 2.31. The summed E-state index contributed by atoms with van der Waals surface area (Å²) in [7, 11) is 0. The van der Waals surface area contributed by atoms with Crippen molar-refractivity contribution in [3.63, 3.8) is 0 Å². The quantitative estimate of drug-likeness (QED) is 0.657. The summed E-state index contributed by atoms with van der Waals surface area (Å²) in [4.78, 5) is 0. The van der Waals surface area contributed by atoms with Crippen molar-refractivity contribution >= 4 is 0 Å². The normalized spacial score (nSPS) is 10.9. The van der Waals surface area contributed by atoms with Crippen molar-refractivity contribution in [2.45, 2.75) is 47.0 Å². The van der Waals surface area contributed by atoms with E-state index in [1.807, 2.05) is 0 Å². The Morgan fingerprint density at radius 2 is 1.86 bits per heavy atom. The second-order valence-electron chi connectivity index (χ2n) is 4.18. The second kappa shape index (κ2) is 5.19. The van der Waals surface area contributed by atoms with Crippen molar-refractivity contribution < 1.29 is 0 Å². The molecule has 0 amide bonds. The van der Waals surface area contributed by atoms with Crippen LogP contribution in [0, 0.1) is 19.8 Å². The molecule has 0 fully saturated rings. The van der Waals surface area contributed by atoms with Gasteiger partial charge < -0.3 is 0 Å². The van der Waals surface area contributed by atoms with E-state index in [0.29, 0.717) is 0 Å². The summed E-state index contributed by atoms with van der Waals surface area (Å²) in [6.45, 7) is 8.85. The molecule has 77 valence electrons. The first-order valence-corrected chi connectivity index (χ1v) is 5.55. The van der Waals surface area contributed by atoms with Crippen molar-refractivity contribution in [2.75, 3.05) is 0 Å². The Bertz CT molecular complexity index is 286. The van der Waals surface area contributed by atoms with Gasteiger partial charge in [-0.2, -0.15) is 0 Å². The molecule has 1 aromatic carbocycles. The molecule has 0 heteroatoms. The Morgan fingerprint density at radius 3 is 2.43 bits per heavy atom. The van der Waals surface area contributed by atoms with Gasteiger partial charge in [0, 0.05) is 5.92 Å². The van der Waals surface area contributed by atoms with Crippen molar-refractivity contribution in [1.82, 2.24) is 0 Å². The number of unbranched alkanes of at least 4 members (excludes halogenated alkanes) is 1. The fourth-order valence-electron chi connectivity index (χ4n) is 1.59. The van der Waals surface area contributed by atoms with Crippen LogP contribution in [0.25, 0.3) is 0 Å². The Kier molecular flexibility index (Phi) is 4.19. The molecular formula is C14H21. The minimum atomic E-state index is 1.24. The summed E-state index contributed by atoms with van der Waals surface area (Å²) in [5.41, 5.74) is 4.21. The Labute approximate surface area is 88.4 Å². The molecule has 0 N–H and O–H groups in total. The lowest BCUT2D eigenvalue weighted by Crippen LogP contribution is -1.95. The largest absolute Gasteiger partial charge is 0.0654 e. The van der Waals surface area contributed by atoms with E-state index in [2.05, 4.69) is 45.9 Å². The van der Waals surface area contributed by atoms with Crippen LogP contribution in [0.4, 0.5) is 0 Å². The molecule has 0 heterocycles. The summed E-state index contributed by atoms with van der Waals surface area (Å²) in [6, 6.07) is 6.77. The van der Waals surface area contributed by atoms with E-state index in [1.165, 1.54) is 41.9 Å². The third-order valence-corrected chi connectivity index (χ3v) is 2.91. The van der Waals surface area contributed by atoms with Gasteiger partial charge in [-0.3, -0.25) is 0 Å². The third-order valence-electron chi connectivity index (χ3n) is 2.91. The zero-order chi connectivity index (χ0) is 10.6. The molecule has 0 saturated carbocycles. The fraction of sp³-hybridized carbons (Fsp3) is 0.500. The molecule has 0 atom stereocenters. The van der Waals surface area contributed by atoms with Crippen molar-refractivity contribution in [3.8, 4) is 0 Å². The highest BCUT2D eigenvalue weighted by molar-refractivity contribution is 5.36. The molecule has 0 aromatic heterocycles. The molecule has 14 heavy (non-hydrogen) atoms. The maximum absolute atomic E-state index is 2.31. The van der Waals surface area contributed by atoms with Crippen molar-refractivity contribution in [2.24, 2.45) is 0 Å². The minimum Gasteiger partial charge on any atom is -0.0654 e. The molecule has 0 aliphatic heterocycles. The van der Waals surface area contributed by atoms with E-state index in [9.17, 15) is 0 Å². The Balaban J connectivity index is 2.70. The van der Waals surface area contributed by atoms with Gasteiger partial charge in [0.2, 0.25) is 0 Å². The van der Waals surface area contributed by atoms with Gasteiger partial charge >= 0.3 is 0 Å². The first kappa shape index (κ1) is 11.3. The van der Waals surface area contributed by atoms with Gasteiger partial charge in [0.15, 0.2) is 0 Å². The second-order valence-corrected chi connectivity index (χ2v) is 4.18. The van der Waals surface area contributed by atoms with Crippen molar-refractivity contribution in [3.05, 3.63) is 40.8 Å². The van der Waals surface area contributed by atoms with Gasteiger partial charge in [0.1, 0.15) is 0 Å². The van der Waals surface area contributed by atoms with Crippen LogP contribution < -0.4 is 0 Å². The molecule has 0 spiro atoms. The highest BCUT2D eigenvalue weighted by Gasteiger charge is 2.05. The van der Waals surface area contributed by atoms with Crippen LogP contribution in [-0.4, -0.2) is 0 Å². The first-order valence-electron chi connectivity index (χ1n) is 5.55. The molecule has 0 aliphatic rings. The van der Waals surface area contributed by atoms with E-state index < -0.39 is 0 Å². The molecule has 1 rings (SSSR count). The topological polar surface area (TPSA) is 0 Å². The highest BCUT2D eigenvalue weighted by atomic mass is 14.1. The molecule has 1 radical (unpaired) electrons. The zero-order valence-corrected chi connectivity index (χ0v) is 9.85. The van der Waals surface area contributed by atoms with Crippen LogP contribution >= 0.6 is 0 Å². The predicted molar refractivity (Wildman–Crippen MR) is 63.5 cm³/mol. The van der Waals surface area contributed by atoms with E-state index in [4.69, 9.17) is 0 Å². The molecule has 0 saturated heterocycles. The average molecular weight is 189 g/mol. The third kappa shape index (κ3) is 2.87. The van der Waals surface area contributed by atoms with E-state index >= 15 is 0 Å². The molecular weight excluding hydrogens is 168 g/mol. The van der Waals surface area contributed by atoms with Gasteiger partial charge in [0.05, 0.1) is 0 Å². The van der Waals surface area contributed by atoms with Gasteiger partial charge in [-0.05, 0) is 37.0 Å². The van der Waals surface area contributed by atoms with Crippen LogP contribution in [0.3, 0.4) is 0 Å². The van der Waals surface area contributed by atoms with Crippen molar-refractivity contribution in [1.29, 1.82) is 0 Å². The van der Waals surface area contributed by atoms with Crippen LogP contribution in [0.1, 0.15) is 49.8 Å². The number of aryl methyl sites for hydroxylation is 2. The number of benzene rings is 1. The summed E-state index contributed by atoms with van der Waals surface area (Å²) in [6.07, 6.45) is 3.82. The number of rotatable bonds is 4. The smallest absolute Gasteiger partial charge is 0.00190 e. The predicted octanol–water partition coefficient (Wildman–Crippen LogP) is 4.44. The van der Waals surface area contributed by atoms with Gasteiger partial charge in [0.25, 0.3) is 0 Å². The van der Waals surface area contributed by atoms with E-state index in [-0.39, 0.29) is 0 Å². The minimum absolute atomic E-state index is 1.24. The number of hydrogen-bond acceptors (Lipinski definition) is 0. The average Bonchev–Trinajstić information content (AvgIpc) is 2.18. The lowest BCUT2D eigenvalue weighted by molar-refractivity contribution is 0.742.